The van der Waals surface area contributed by atoms with Crippen LogP contribution in [0.4, 0.5) is 0 Å². The van der Waals surface area contributed by atoms with E-state index in [1.807, 2.05) is 17.9 Å². The zero-order valence-corrected chi connectivity index (χ0v) is 9.58. The Morgan fingerprint density at radius 2 is 2.07 bits per heavy atom. The molecule has 1 aromatic heterocycles. The van der Waals surface area contributed by atoms with Gasteiger partial charge < -0.3 is 9.88 Å². The molecule has 1 aromatic rings. The lowest BCUT2D eigenvalue weighted by Gasteiger charge is -2.14. The Kier molecular flexibility index (Phi) is 3.78. The van der Waals surface area contributed by atoms with Crippen molar-refractivity contribution in [2.24, 2.45) is 7.05 Å². The maximum absolute atomic E-state index is 4.32. The highest BCUT2D eigenvalue weighted by molar-refractivity contribution is 4.95. The third-order valence-corrected chi connectivity index (χ3v) is 3.19. The molecule has 84 valence electrons. The van der Waals surface area contributed by atoms with Crippen LogP contribution in [0.5, 0.6) is 0 Å². The van der Waals surface area contributed by atoms with Crippen LogP contribution >= 0.6 is 0 Å². The lowest BCUT2D eigenvalue weighted by Crippen LogP contribution is -2.27. The molecule has 1 fully saturated rings. The van der Waals surface area contributed by atoms with Gasteiger partial charge in [-0.15, -0.1) is 0 Å². The summed E-state index contributed by atoms with van der Waals surface area (Å²) in [7, 11) is 2.02. The van der Waals surface area contributed by atoms with Gasteiger partial charge in [-0.25, -0.2) is 4.98 Å². The Hall–Kier alpha value is -0.830. The predicted octanol–water partition coefficient (Wildman–Crippen LogP) is 2.23. The van der Waals surface area contributed by atoms with E-state index < -0.39 is 0 Å². The van der Waals surface area contributed by atoms with Crippen LogP contribution in [0.2, 0.25) is 0 Å². The summed E-state index contributed by atoms with van der Waals surface area (Å²) in [6, 6.07) is 0.717. The van der Waals surface area contributed by atoms with Gasteiger partial charge >= 0.3 is 0 Å². The maximum atomic E-state index is 4.32. The molecule has 2 rings (SSSR count). The molecule has 0 saturated heterocycles. The Balaban J connectivity index is 1.76. The van der Waals surface area contributed by atoms with E-state index >= 15 is 0 Å². The van der Waals surface area contributed by atoms with Crippen molar-refractivity contribution in [3.05, 3.63) is 18.2 Å². The van der Waals surface area contributed by atoms with Gasteiger partial charge in [-0.2, -0.15) is 0 Å². The van der Waals surface area contributed by atoms with Gasteiger partial charge in [0.25, 0.3) is 0 Å². The zero-order valence-electron chi connectivity index (χ0n) is 9.58. The number of nitrogens with zero attached hydrogens (tertiary/aromatic N) is 2. The van der Waals surface area contributed by atoms with E-state index in [0.29, 0.717) is 0 Å². The molecule has 1 saturated carbocycles. The third-order valence-electron chi connectivity index (χ3n) is 3.19. The molecule has 1 heterocycles. The summed E-state index contributed by atoms with van der Waals surface area (Å²) in [6.45, 7) is 0.922. The molecule has 3 heteroatoms. The molecule has 0 spiro atoms. The molecule has 1 N–H and O–H groups in total. The Morgan fingerprint density at radius 3 is 2.67 bits per heavy atom. The van der Waals surface area contributed by atoms with Gasteiger partial charge in [-0.3, -0.25) is 0 Å². The van der Waals surface area contributed by atoms with Crippen molar-refractivity contribution in [2.45, 2.75) is 51.1 Å². The molecule has 0 aliphatic heterocycles. The van der Waals surface area contributed by atoms with Gasteiger partial charge in [-0.05, 0) is 12.8 Å². The number of hydrogen-bond donors (Lipinski definition) is 1. The van der Waals surface area contributed by atoms with Crippen LogP contribution in [0.1, 0.15) is 44.2 Å². The average molecular weight is 207 g/mol. The minimum atomic E-state index is 0.717. The predicted molar refractivity (Wildman–Crippen MR) is 61.5 cm³/mol. The lowest BCUT2D eigenvalue weighted by atomic mass is 10.1. The van der Waals surface area contributed by atoms with Crippen LogP contribution in [0.3, 0.4) is 0 Å². The van der Waals surface area contributed by atoms with Crippen LogP contribution in [-0.4, -0.2) is 15.6 Å². The molecule has 0 atom stereocenters. The molecular weight excluding hydrogens is 186 g/mol. The van der Waals surface area contributed by atoms with Crippen molar-refractivity contribution < 1.29 is 0 Å². The van der Waals surface area contributed by atoms with E-state index in [1.165, 1.54) is 38.5 Å². The van der Waals surface area contributed by atoms with Crippen molar-refractivity contribution in [1.29, 1.82) is 0 Å². The van der Waals surface area contributed by atoms with E-state index in [-0.39, 0.29) is 0 Å². The molecular formula is C12H21N3. The van der Waals surface area contributed by atoms with Crippen molar-refractivity contribution in [3.63, 3.8) is 0 Å². The highest BCUT2D eigenvalue weighted by Crippen LogP contribution is 2.17. The SMILES string of the molecule is Cn1cnc(CNC2CCCCCC2)c1. The largest absolute Gasteiger partial charge is 0.340 e. The summed E-state index contributed by atoms with van der Waals surface area (Å²) in [5.74, 6) is 0. The van der Waals surface area contributed by atoms with E-state index in [0.717, 1.165) is 18.3 Å². The first-order valence-corrected chi connectivity index (χ1v) is 6.05. The van der Waals surface area contributed by atoms with E-state index in [9.17, 15) is 0 Å². The second-order valence-electron chi connectivity index (χ2n) is 4.60. The minimum absolute atomic E-state index is 0.717. The minimum Gasteiger partial charge on any atom is -0.340 e. The number of nitrogens with one attached hydrogen (secondary N) is 1. The smallest absolute Gasteiger partial charge is 0.0947 e. The fourth-order valence-corrected chi connectivity index (χ4v) is 2.29. The summed E-state index contributed by atoms with van der Waals surface area (Å²) in [4.78, 5) is 4.32. The van der Waals surface area contributed by atoms with Crippen molar-refractivity contribution in [1.82, 2.24) is 14.9 Å². The number of hydrogen-bond acceptors (Lipinski definition) is 2. The second kappa shape index (κ2) is 5.31. The first kappa shape index (κ1) is 10.7. The number of aromatic nitrogens is 2. The Morgan fingerprint density at radius 1 is 1.33 bits per heavy atom. The van der Waals surface area contributed by atoms with Gasteiger partial charge in [0.1, 0.15) is 0 Å². The average Bonchev–Trinajstić information content (AvgIpc) is 2.52. The van der Waals surface area contributed by atoms with E-state index in [4.69, 9.17) is 0 Å². The van der Waals surface area contributed by atoms with Crippen LogP contribution in [0, 0.1) is 0 Å². The molecule has 3 nitrogen and oxygen atoms in total. The van der Waals surface area contributed by atoms with Crippen LogP contribution < -0.4 is 5.32 Å². The molecule has 0 radical (unpaired) electrons. The molecule has 1 aliphatic rings. The molecule has 0 amide bonds. The van der Waals surface area contributed by atoms with Gasteiger partial charge in [0.2, 0.25) is 0 Å². The summed E-state index contributed by atoms with van der Waals surface area (Å²) in [6.07, 6.45) is 12.2. The van der Waals surface area contributed by atoms with Gasteiger partial charge in [0.15, 0.2) is 0 Å². The quantitative estimate of drug-likeness (QED) is 0.770. The number of imidazole rings is 1. The zero-order chi connectivity index (χ0) is 10.5. The summed E-state index contributed by atoms with van der Waals surface area (Å²) < 4.78 is 2.00. The normalized spacial score (nSPS) is 19.0. The number of rotatable bonds is 3. The van der Waals surface area contributed by atoms with Crippen LogP contribution in [0.15, 0.2) is 12.5 Å². The molecule has 15 heavy (non-hydrogen) atoms. The molecule has 0 bridgehead atoms. The topological polar surface area (TPSA) is 29.9 Å². The van der Waals surface area contributed by atoms with E-state index in [1.54, 1.807) is 0 Å². The summed E-state index contributed by atoms with van der Waals surface area (Å²) in [5.41, 5.74) is 1.15. The Bertz CT molecular complexity index is 285. The fraction of sp³-hybridized carbons (Fsp3) is 0.750. The highest BCUT2D eigenvalue weighted by Gasteiger charge is 2.11. The maximum Gasteiger partial charge on any atom is 0.0947 e. The molecule has 0 unspecified atom stereocenters. The molecule has 1 aliphatic carbocycles. The first-order valence-electron chi connectivity index (χ1n) is 6.05. The van der Waals surface area contributed by atoms with E-state index in [2.05, 4.69) is 16.5 Å². The fourth-order valence-electron chi connectivity index (χ4n) is 2.29. The van der Waals surface area contributed by atoms with Crippen molar-refractivity contribution in [3.8, 4) is 0 Å². The molecule has 0 aromatic carbocycles. The lowest BCUT2D eigenvalue weighted by molar-refractivity contribution is 0.456. The number of aryl methyl sites for hydroxylation is 1. The third kappa shape index (κ3) is 3.34. The summed E-state index contributed by atoms with van der Waals surface area (Å²) >= 11 is 0. The highest BCUT2D eigenvalue weighted by atomic mass is 15.0. The van der Waals surface area contributed by atoms with Gasteiger partial charge in [-0.1, -0.05) is 25.7 Å². The van der Waals surface area contributed by atoms with Gasteiger partial charge in [0.05, 0.1) is 12.0 Å². The first-order chi connectivity index (χ1) is 7.34. The monoisotopic (exact) mass is 207 g/mol. The van der Waals surface area contributed by atoms with Crippen LogP contribution in [0.25, 0.3) is 0 Å². The van der Waals surface area contributed by atoms with Crippen molar-refractivity contribution >= 4 is 0 Å². The summed E-state index contributed by atoms with van der Waals surface area (Å²) in [5, 5.41) is 3.62. The second-order valence-corrected chi connectivity index (χ2v) is 4.60. The van der Waals surface area contributed by atoms with Gasteiger partial charge in [0, 0.05) is 25.8 Å². The standard InChI is InChI=1S/C12H21N3/c1-15-9-12(14-10-15)8-13-11-6-4-2-3-5-7-11/h9-11,13H,2-8H2,1H3. The Labute approximate surface area is 91.9 Å². The van der Waals surface area contributed by atoms with Crippen LogP contribution in [-0.2, 0) is 13.6 Å². The van der Waals surface area contributed by atoms with Crippen molar-refractivity contribution in [2.75, 3.05) is 0 Å².